The van der Waals surface area contributed by atoms with Gasteiger partial charge in [-0.05, 0) is 55.5 Å². The fraction of sp³-hybridized carbons (Fsp3) is 0.333. The monoisotopic (exact) mass is 323 g/mol. The predicted octanol–water partition coefficient (Wildman–Crippen LogP) is 5.23. The Bertz CT molecular complexity index is 503. The third-order valence-electron chi connectivity index (χ3n) is 3.16. The maximum absolute atomic E-state index is 3.65. The number of hydrogen-bond donors (Lipinski definition) is 1. The molecule has 0 saturated heterocycles. The van der Waals surface area contributed by atoms with E-state index in [1.54, 1.807) is 0 Å². The molecule has 1 aromatic heterocycles. The summed E-state index contributed by atoms with van der Waals surface area (Å²) in [5.41, 5.74) is 2.70. The highest BCUT2D eigenvalue weighted by Crippen LogP contribution is 2.26. The van der Waals surface area contributed by atoms with Gasteiger partial charge in [-0.2, -0.15) is 0 Å². The Morgan fingerprint density at radius 2 is 1.72 bits per heavy atom. The number of benzene rings is 1. The van der Waals surface area contributed by atoms with Gasteiger partial charge in [-0.1, -0.05) is 28.1 Å². The number of hydrogen-bond acceptors (Lipinski definition) is 2. The van der Waals surface area contributed by atoms with Crippen LogP contribution >= 0.6 is 27.3 Å². The van der Waals surface area contributed by atoms with Gasteiger partial charge in [-0.15, -0.1) is 11.3 Å². The first-order valence-corrected chi connectivity index (χ1v) is 7.80. The van der Waals surface area contributed by atoms with Gasteiger partial charge in [0.25, 0.3) is 0 Å². The zero-order chi connectivity index (χ0) is 13.1. The van der Waals surface area contributed by atoms with E-state index in [0.29, 0.717) is 12.1 Å². The summed E-state index contributed by atoms with van der Waals surface area (Å²) in [6, 6.07) is 11.4. The Balaban J connectivity index is 2.05. The van der Waals surface area contributed by atoms with Gasteiger partial charge in [0.1, 0.15) is 0 Å². The Kier molecular flexibility index (Phi) is 4.60. The lowest BCUT2D eigenvalue weighted by atomic mass is 10.1. The van der Waals surface area contributed by atoms with Crippen LogP contribution in [0.4, 0.5) is 0 Å². The van der Waals surface area contributed by atoms with Crippen molar-refractivity contribution < 1.29 is 0 Å². The van der Waals surface area contributed by atoms with Gasteiger partial charge in [-0.25, -0.2) is 0 Å². The van der Waals surface area contributed by atoms with E-state index in [2.05, 4.69) is 77.7 Å². The van der Waals surface area contributed by atoms with Crippen molar-refractivity contribution >= 4 is 27.3 Å². The van der Waals surface area contributed by atoms with E-state index in [4.69, 9.17) is 0 Å². The lowest BCUT2D eigenvalue weighted by molar-refractivity contribution is 0.499. The van der Waals surface area contributed by atoms with Crippen LogP contribution in [0.25, 0.3) is 0 Å². The number of halogens is 1. The molecule has 18 heavy (non-hydrogen) atoms. The number of thiophene rings is 1. The first-order chi connectivity index (χ1) is 8.58. The second-order valence-electron chi connectivity index (χ2n) is 4.63. The van der Waals surface area contributed by atoms with Crippen LogP contribution in [0.2, 0.25) is 0 Å². The van der Waals surface area contributed by atoms with Crippen LogP contribution in [0.3, 0.4) is 0 Å². The van der Waals surface area contributed by atoms with E-state index in [-0.39, 0.29) is 0 Å². The molecule has 1 heterocycles. The summed E-state index contributed by atoms with van der Waals surface area (Å²) in [6.45, 7) is 6.62. The highest BCUT2D eigenvalue weighted by atomic mass is 79.9. The Morgan fingerprint density at radius 1 is 1.06 bits per heavy atom. The standard InChI is InChI=1S/C15H18BrNS/c1-10-8-9-18-15(10)12(3)17-11(2)13-4-6-14(16)7-5-13/h4-9,11-12,17H,1-3H3/t11-,12?/m0/s1. The highest BCUT2D eigenvalue weighted by molar-refractivity contribution is 9.10. The molecule has 0 saturated carbocycles. The average Bonchev–Trinajstić information content (AvgIpc) is 2.76. The summed E-state index contributed by atoms with van der Waals surface area (Å²) >= 11 is 5.29. The van der Waals surface area contributed by atoms with Crippen molar-refractivity contribution in [2.75, 3.05) is 0 Å². The SMILES string of the molecule is Cc1ccsc1C(C)N[C@@H](C)c1ccc(Br)cc1. The van der Waals surface area contributed by atoms with Crippen LogP contribution in [0, 0.1) is 6.92 Å². The van der Waals surface area contributed by atoms with Crippen molar-refractivity contribution in [3.05, 3.63) is 56.2 Å². The summed E-state index contributed by atoms with van der Waals surface area (Å²) in [7, 11) is 0. The minimum atomic E-state index is 0.356. The van der Waals surface area contributed by atoms with Crippen LogP contribution < -0.4 is 5.32 Å². The van der Waals surface area contributed by atoms with Crippen LogP contribution in [-0.2, 0) is 0 Å². The number of nitrogens with one attached hydrogen (secondary N) is 1. The summed E-state index contributed by atoms with van der Waals surface area (Å²) in [6.07, 6.45) is 0. The first-order valence-electron chi connectivity index (χ1n) is 6.13. The molecule has 0 aliphatic rings. The molecule has 0 aliphatic carbocycles. The quantitative estimate of drug-likeness (QED) is 0.812. The minimum absolute atomic E-state index is 0.356. The molecule has 0 amide bonds. The fourth-order valence-electron chi connectivity index (χ4n) is 2.13. The number of rotatable bonds is 4. The first kappa shape index (κ1) is 13.8. The largest absolute Gasteiger partial charge is 0.303 e. The summed E-state index contributed by atoms with van der Waals surface area (Å²) in [4.78, 5) is 1.43. The highest BCUT2D eigenvalue weighted by Gasteiger charge is 2.13. The van der Waals surface area contributed by atoms with E-state index < -0.39 is 0 Å². The van der Waals surface area contributed by atoms with Gasteiger partial charge in [0.2, 0.25) is 0 Å². The van der Waals surface area contributed by atoms with Gasteiger partial charge < -0.3 is 5.32 Å². The summed E-state index contributed by atoms with van der Waals surface area (Å²) < 4.78 is 1.13. The average molecular weight is 324 g/mol. The van der Waals surface area contributed by atoms with E-state index >= 15 is 0 Å². The van der Waals surface area contributed by atoms with E-state index in [1.165, 1.54) is 16.0 Å². The summed E-state index contributed by atoms with van der Waals surface area (Å²) in [5, 5.41) is 5.81. The molecular weight excluding hydrogens is 306 g/mol. The molecule has 0 radical (unpaired) electrons. The lowest BCUT2D eigenvalue weighted by Gasteiger charge is -2.20. The third kappa shape index (κ3) is 3.22. The maximum atomic E-state index is 3.65. The van der Waals surface area contributed by atoms with Crippen LogP contribution in [-0.4, -0.2) is 0 Å². The van der Waals surface area contributed by atoms with Gasteiger partial charge in [0.15, 0.2) is 0 Å². The molecule has 0 fully saturated rings. The Labute approximate surface area is 121 Å². The van der Waals surface area contributed by atoms with Crippen LogP contribution in [0.1, 0.15) is 41.9 Å². The van der Waals surface area contributed by atoms with Crippen molar-refractivity contribution in [1.29, 1.82) is 0 Å². The number of aryl methyl sites for hydroxylation is 1. The van der Waals surface area contributed by atoms with Crippen molar-refractivity contribution in [2.24, 2.45) is 0 Å². The van der Waals surface area contributed by atoms with E-state index in [0.717, 1.165) is 4.47 Å². The molecule has 2 atom stereocenters. The zero-order valence-electron chi connectivity index (χ0n) is 10.9. The third-order valence-corrected chi connectivity index (χ3v) is 4.90. The van der Waals surface area contributed by atoms with Crippen LogP contribution in [0.15, 0.2) is 40.2 Å². The second kappa shape index (κ2) is 6.00. The van der Waals surface area contributed by atoms with Crippen LogP contribution in [0.5, 0.6) is 0 Å². The zero-order valence-corrected chi connectivity index (χ0v) is 13.3. The van der Waals surface area contributed by atoms with Crippen molar-refractivity contribution in [3.8, 4) is 0 Å². The normalized spacial score (nSPS) is 14.4. The molecule has 1 unspecified atom stereocenters. The van der Waals surface area contributed by atoms with E-state index in [1.807, 2.05) is 11.3 Å². The van der Waals surface area contributed by atoms with Gasteiger partial charge >= 0.3 is 0 Å². The van der Waals surface area contributed by atoms with Crippen molar-refractivity contribution in [3.63, 3.8) is 0 Å². The van der Waals surface area contributed by atoms with Crippen molar-refractivity contribution in [1.82, 2.24) is 5.32 Å². The molecule has 0 aliphatic heterocycles. The van der Waals surface area contributed by atoms with Gasteiger partial charge in [0.05, 0.1) is 0 Å². The molecule has 0 spiro atoms. The molecule has 1 N–H and O–H groups in total. The Morgan fingerprint density at radius 3 is 2.28 bits per heavy atom. The van der Waals surface area contributed by atoms with Crippen molar-refractivity contribution in [2.45, 2.75) is 32.9 Å². The minimum Gasteiger partial charge on any atom is -0.303 e. The topological polar surface area (TPSA) is 12.0 Å². The van der Waals surface area contributed by atoms with Gasteiger partial charge in [-0.3, -0.25) is 0 Å². The molecule has 3 heteroatoms. The van der Waals surface area contributed by atoms with Gasteiger partial charge in [0, 0.05) is 21.4 Å². The van der Waals surface area contributed by atoms with E-state index in [9.17, 15) is 0 Å². The fourth-order valence-corrected chi connectivity index (χ4v) is 3.34. The molecule has 2 aromatic rings. The molecule has 1 aromatic carbocycles. The smallest absolute Gasteiger partial charge is 0.0393 e. The lowest BCUT2D eigenvalue weighted by Crippen LogP contribution is -2.22. The summed E-state index contributed by atoms with van der Waals surface area (Å²) in [5.74, 6) is 0. The molecule has 1 nitrogen and oxygen atoms in total. The predicted molar refractivity (Wildman–Crippen MR) is 83.2 cm³/mol. The molecular formula is C15H18BrNS. The maximum Gasteiger partial charge on any atom is 0.0393 e. The molecule has 0 bridgehead atoms. The molecule has 96 valence electrons. The molecule has 2 rings (SSSR count). The Hall–Kier alpha value is -0.640. The second-order valence-corrected chi connectivity index (χ2v) is 6.49.